The van der Waals surface area contributed by atoms with Crippen LogP contribution in [-0.4, -0.2) is 34.8 Å². The Balaban J connectivity index is 2.13. The van der Waals surface area contributed by atoms with Gasteiger partial charge in [-0.05, 0) is 32.4 Å². The van der Waals surface area contributed by atoms with Crippen molar-refractivity contribution in [1.29, 1.82) is 0 Å². The summed E-state index contributed by atoms with van der Waals surface area (Å²) in [7, 11) is 0. The average Bonchev–Trinajstić information content (AvgIpc) is 2.86. The van der Waals surface area contributed by atoms with E-state index in [-0.39, 0.29) is 24.4 Å². The van der Waals surface area contributed by atoms with E-state index < -0.39 is 5.54 Å². The molecule has 1 aromatic heterocycles. The fourth-order valence-electron chi connectivity index (χ4n) is 2.37. The molecule has 0 radical (unpaired) electrons. The first-order valence-electron chi connectivity index (χ1n) is 6.60. The molecule has 1 saturated heterocycles. The molecule has 5 nitrogen and oxygen atoms in total. The molecule has 104 valence electrons. The van der Waals surface area contributed by atoms with Gasteiger partial charge in [-0.3, -0.25) is 9.59 Å². The molecule has 2 rings (SSSR count). The van der Waals surface area contributed by atoms with E-state index in [1.165, 1.54) is 0 Å². The number of hydrogen-bond acceptors (Lipinski definition) is 3. The number of furan rings is 1. The Morgan fingerprint density at radius 2 is 2.26 bits per heavy atom. The molecule has 2 unspecified atom stereocenters. The van der Waals surface area contributed by atoms with Crippen LogP contribution in [0.15, 0.2) is 22.8 Å². The van der Waals surface area contributed by atoms with Gasteiger partial charge in [-0.1, -0.05) is 6.92 Å². The normalized spacial score (nSPS) is 25.3. The lowest BCUT2D eigenvalue weighted by atomic mass is 9.93. The molecule has 0 aromatic carbocycles. The summed E-state index contributed by atoms with van der Waals surface area (Å²) in [5.41, 5.74) is -0.785. The lowest BCUT2D eigenvalue weighted by Gasteiger charge is -2.41. The summed E-state index contributed by atoms with van der Waals surface area (Å²) in [6.45, 7) is 5.74. The Morgan fingerprint density at radius 3 is 2.84 bits per heavy atom. The minimum atomic E-state index is -0.785. The molecular weight excluding hydrogens is 244 g/mol. The summed E-state index contributed by atoms with van der Waals surface area (Å²) in [6, 6.07) is 3.64. The molecule has 1 fully saturated rings. The predicted molar refractivity (Wildman–Crippen MR) is 70.4 cm³/mol. The Morgan fingerprint density at radius 1 is 1.53 bits per heavy atom. The summed E-state index contributed by atoms with van der Waals surface area (Å²) in [4.78, 5) is 25.9. The second-order valence-corrected chi connectivity index (χ2v) is 5.30. The summed E-state index contributed by atoms with van der Waals surface area (Å²) in [5, 5.41) is 2.78. The zero-order valence-electron chi connectivity index (χ0n) is 11.6. The van der Waals surface area contributed by atoms with Crippen LogP contribution in [0.25, 0.3) is 0 Å². The third-order valence-electron chi connectivity index (χ3n) is 3.78. The van der Waals surface area contributed by atoms with Crippen molar-refractivity contribution in [2.24, 2.45) is 0 Å². The highest BCUT2D eigenvalue weighted by Crippen LogP contribution is 2.21. The lowest BCUT2D eigenvalue weighted by Crippen LogP contribution is -2.66. The van der Waals surface area contributed by atoms with Crippen molar-refractivity contribution >= 4 is 11.8 Å². The van der Waals surface area contributed by atoms with Gasteiger partial charge in [0.05, 0.1) is 12.8 Å². The van der Waals surface area contributed by atoms with E-state index in [9.17, 15) is 9.59 Å². The van der Waals surface area contributed by atoms with Crippen LogP contribution < -0.4 is 5.32 Å². The quantitative estimate of drug-likeness (QED) is 0.892. The summed E-state index contributed by atoms with van der Waals surface area (Å²) < 4.78 is 5.30. The maximum Gasteiger partial charge on any atom is 0.248 e. The Labute approximate surface area is 113 Å². The van der Waals surface area contributed by atoms with Crippen molar-refractivity contribution in [3.63, 3.8) is 0 Å². The van der Waals surface area contributed by atoms with Gasteiger partial charge in [0.1, 0.15) is 11.3 Å². The molecule has 2 heterocycles. The minimum Gasteiger partial charge on any atom is -0.469 e. The number of nitrogens with one attached hydrogen (secondary N) is 1. The van der Waals surface area contributed by atoms with Crippen LogP contribution in [0.1, 0.15) is 33.0 Å². The fraction of sp³-hybridized carbons (Fsp3) is 0.571. The van der Waals surface area contributed by atoms with E-state index in [1.54, 1.807) is 18.1 Å². The summed E-state index contributed by atoms with van der Waals surface area (Å²) in [6.07, 6.45) is 2.82. The van der Waals surface area contributed by atoms with Gasteiger partial charge >= 0.3 is 0 Å². The van der Waals surface area contributed by atoms with Crippen molar-refractivity contribution < 1.29 is 14.0 Å². The predicted octanol–water partition coefficient (Wildman–Crippen LogP) is 1.34. The van der Waals surface area contributed by atoms with Crippen LogP contribution in [0.4, 0.5) is 0 Å². The molecule has 2 amide bonds. The van der Waals surface area contributed by atoms with Crippen molar-refractivity contribution in [1.82, 2.24) is 10.2 Å². The molecular formula is C14H20N2O3. The van der Waals surface area contributed by atoms with Crippen LogP contribution >= 0.6 is 0 Å². The maximum absolute atomic E-state index is 12.5. The van der Waals surface area contributed by atoms with Crippen molar-refractivity contribution in [3.05, 3.63) is 24.2 Å². The Bertz CT molecular complexity index is 469. The first-order valence-corrected chi connectivity index (χ1v) is 6.60. The zero-order chi connectivity index (χ0) is 14.0. The van der Waals surface area contributed by atoms with E-state index >= 15 is 0 Å². The molecule has 5 heteroatoms. The fourth-order valence-corrected chi connectivity index (χ4v) is 2.37. The third-order valence-corrected chi connectivity index (χ3v) is 3.78. The largest absolute Gasteiger partial charge is 0.469 e. The molecule has 1 N–H and O–H groups in total. The second kappa shape index (κ2) is 5.07. The van der Waals surface area contributed by atoms with E-state index in [0.717, 1.165) is 5.76 Å². The standard InChI is InChI=1S/C14H20N2O3/c1-4-14(3)13(18)16(9-12(17)15-14)10(2)8-11-6-5-7-19-11/h5-7,10H,4,8-9H2,1-3H3,(H,15,17). The van der Waals surface area contributed by atoms with Gasteiger partial charge in [0.2, 0.25) is 11.8 Å². The maximum atomic E-state index is 12.5. The average molecular weight is 264 g/mol. The van der Waals surface area contributed by atoms with Crippen LogP contribution in [0.3, 0.4) is 0 Å². The Hall–Kier alpha value is -1.78. The van der Waals surface area contributed by atoms with Gasteiger partial charge in [-0.15, -0.1) is 0 Å². The van der Waals surface area contributed by atoms with Gasteiger partial charge in [0.25, 0.3) is 0 Å². The summed E-state index contributed by atoms with van der Waals surface area (Å²) >= 11 is 0. The molecule has 0 saturated carbocycles. The Kier molecular flexibility index (Phi) is 3.64. The van der Waals surface area contributed by atoms with Gasteiger partial charge in [0.15, 0.2) is 0 Å². The second-order valence-electron chi connectivity index (χ2n) is 5.30. The highest BCUT2D eigenvalue weighted by molar-refractivity contribution is 5.97. The minimum absolute atomic E-state index is 0.0198. The molecule has 0 aliphatic carbocycles. The number of carbonyl (C=O) groups is 2. The molecule has 1 aromatic rings. The monoisotopic (exact) mass is 264 g/mol. The summed E-state index contributed by atoms with van der Waals surface area (Å²) in [5.74, 6) is 0.702. The smallest absolute Gasteiger partial charge is 0.248 e. The number of amides is 2. The van der Waals surface area contributed by atoms with Crippen molar-refractivity contribution in [2.45, 2.75) is 45.2 Å². The molecule has 0 bridgehead atoms. The first-order chi connectivity index (χ1) is 8.96. The van der Waals surface area contributed by atoms with Crippen LogP contribution in [-0.2, 0) is 16.0 Å². The van der Waals surface area contributed by atoms with E-state index in [2.05, 4.69) is 5.32 Å². The molecule has 19 heavy (non-hydrogen) atoms. The van der Waals surface area contributed by atoms with Crippen molar-refractivity contribution in [2.75, 3.05) is 6.54 Å². The van der Waals surface area contributed by atoms with E-state index in [4.69, 9.17) is 4.42 Å². The topological polar surface area (TPSA) is 62.6 Å². The number of hydrogen-bond donors (Lipinski definition) is 1. The van der Waals surface area contributed by atoms with Gasteiger partial charge < -0.3 is 14.6 Å². The van der Waals surface area contributed by atoms with Crippen LogP contribution in [0.2, 0.25) is 0 Å². The lowest BCUT2D eigenvalue weighted by molar-refractivity contribution is -0.151. The van der Waals surface area contributed by atoms with E-state index in [0.29, 0.717) is 12.8 Å². The number of rotatable bonds is 4. The molecule has 1 aliphatic heterocycles. The number of carbonyl (C=O) groups excluding carboxylic acids is 2. The zero-order valence-corrected chi connectivity index (χ0v) is 11.6. The SMILES string of the molecule is CCC1(C)NC(=O)CN(C(C)Cc2ccco2)C1=O. The van der Waals surface area contributed by atoms with Crippen LogP contribution in [0.5, 0.6) is 0 Å². The van der Waals surface area contributed by atoms with Gasteiger partial charge in [-0.25, -0.2) is 0 Å². The molecule has 2 atom stereocenters. The number of nitrogens with zero attached hydrogens (tertiary/aromatic N) is 1. The number of piperazine rings is 1. The van der Waals surface area contributed by atoms with Crippen LogP contribution in [0, 0.1) is 0 Å². The highest BCUT2D eigenvalue weighted by Gasteiger charge is 2.43. The van der Waals surface area contributed by atoms with Crippen molar-refractivity contribution in [3.8, 4) is 0 Å². The third kappa shape index (κ3) is 2.64. The van der Waals surface area contributed by atoms with Gasteiger partial charge in [0, 0.05) is 12.5 Å². The first kappa shape index (κ1) is 13.6. The highest BCUT2D eigenvalue weighted by atomic mass is 16.3. The van der Waals surface area contributed by atoms with E-state index in [1.807, 2.05) is 26.0 Å². The molecule has 0 spiro atoms. The molecule has 1 aliphatic rings. The van der Waals surface area contributed by atoms with Gasteiger partial charge in [-0.2, -0.15) is 0 Å².